The third-order valence-corrected chi connectivity index (χ3v) is 5.45. The normalized spacial score (nSPS) is 12.3. The Morgan fingerprint density at radius 2 is 1.78 bits per heavy atom. The summed E-state index contributed by atoms with van der Waals surface area (Å²) < 4.78 is 55.3. The maximum Gasteiger partial charge on any atom is 0.340 e. The molecule has 0 aliphatic rings. The number of amides is 1. The molecule has 0 bridgehead atoms. The minimum Gasteiger partial charge on any atom is -0.449 e. The average Bonchev–Trinajstić information content (AvgIpc) is 2.64. The van der Waals surface area contributed by atoms with Gasteiger partial charge >= 0.3 is 5.97 Å². The largest absolute Gasteiger partial charge is 0.449 e. The van der Waals surface area contributed by atoms with E-state index in [2.05, 4.69) is 5.32 Å². The minimum atomic E-state index is -3.67. The number of hydrogen-bond donors (Lipinski definition) is 1. The maximum atomic E-state index is 13.2. The first-order valence-electron chi connectivity index (χ1n) is 7.94. The first kappa shape index (κ1) is 20.5. The van der Waals surface area contributed by atoms with Crippen LogP contribution in [-0.2, 0) is 19.4 Å². The molecule has 6 nitrogen and oxygen atoms in total. The summed E-state index contributed by atoms with van der Waals surface area (Å²) in [5, 5.41) is 2.28. The van der Waals surface area contributed by atoms with E-state index in [-0.39, 0.29) is 21.9 Å². The van der Waals surface area contributed by atoms with Crippen LogP contribution in [0.1, 0.15) is 24.2 Å². The van der Waals surface area contributed by atoms with Crippen LogP contribution in [0.5, 0.6) is 0 Å². The van der Waals surface area contributed by atoms with Gasteiger partial charge in [-0.15, -0.1) is 0 Å². The molecule has 27 heavy (non-hydrogen) atoms. The van der Waals surface area contributed by atoms with Gasteiger partial charge in [0, 0.05) is 11.8 Å². The Labute approximate surface area is 155 Å². The molecular weight excluding hydrogens is 380 g/mol. The van der Waals surface area contributed by atoms with Crippen molar-refractivity contribution in [3.05, 3.63) is 59.7 Å². The van der Waals surface area contributed by atoms with E-state index >= 15 is 0 Å². The zero-order valence-electron chi connectivity index (χ0n) is 14.5. The lowest BCUT2D eigenvalue weighted by Crippen LogP contribution is -2.30. The van der Waals surface area contributed by atoms with Crippen LogP contribution in [0.3, 0.4) is 0 Å². The summed E-state index contributed by atoms with van der Waals surface area (Å²) in [6.45, 7) is 2.71. The SMILES string of the molecule is CCS(=O)(=O)c1ccccc1C(=O)O[C@@H](C)C(=O)Nc1ccc(F)c(F)c1. The van der Waals surface area contributed by atoms with Crippen molar-refractivity contribution in [2.75, 3.05) is 11.1 Å². The quantitative estimate of drug-likeness (QED) is 0.757. The molecule has 9 heteroatoms. The van der Waals surface area contributed by atoms with Gasteiger partial charge in [-0.25, -0.2) is 22.0 Å². The first-order valence-corrected chi connectivity index (χ1v) is 9.59. The second-order valence-corrected chi connectivity index (χ2v) is 7.81. The lowest BCUT2D eigenvalue weighted by atomic mass is 10.2. The van der Waals surface area contributed by atoms with Crippen LogP contribution in [-0.4, -0.2) is 32.2 Å². The summed E-state index contributed by atoms with van der Waals surface area (Å²) in [4.78, 5) is 24.2. The molecule has 1 atom stereocenters. The van der Waals surface area contributed by atoms with Gasteiger partial charge in [0.2, 0.25) is 0 Å². The van der Waals surface area contributed by atoms with E-state index in [1.807, 2.05) is 0 Å². The summed E-state index contributed by atoms with van der Waals surface area (Å²) in [5.74, 6) is -4.19. The molecule has 2 aromatic rings. The summed E-state index contributed by atoms with van der Waals surface area (Å²) in [6, 6.07) is 8.27. The fourth-order valence-corrected chi connectivity index (χ4v) is 3.24. The molecular formula is C18H17F2NO5S. The Morgan fingerprint density at radius 3 is 2.41 bits per heavy atom. The molecule has 0 aromatic heterocycles. The number of benzene rings is 2. The minimum absolute atomic E-state index is 0.0178. The average molecular weight is 397 g/mol. The van der Waals surface area contributed by atoms with Gasteiger partial charge in [0.05, 0.1) is 16.2 Å². The molecule has 0 unspecified atom stereocenters. The van der Waals surface area contributed by atoms with E-state index in [0.29, 0.717) is 0 Å². The molecule has 0 heterocycles. The van der Waals surface area contributed by atoms with Crippen LogP contribution in [0, 0.1) is 11.6 Å². The van der Waals surface area contributed by atoms with Crippen LogP contribution in [0.2, 0.25) is 0 Å². The van der Waals surface area contributed by atoms with Gasteiger partial charge in [-0.2, -0.15) is 0 Å². The standard InChI is InChI=1S/C18H17F2NO5S/c1-3-27(24,25)16-7-5-4-6-13(16)18(23)26-11(2)17(22)21-12-8-9-14(19)15(20)10-12/h4-11H,3H2,1-2H3,(H,21,22)/t11-/m0/s1. The number of esters is 1. The molecule has 1 N–H and O–H groups in total. The van der Waals surface area contributed by atoms with Gasteiger partial charge < -0.3 is 10.1 Å². The topological polar surface area (TPSA) is 89.5 Å². The number of hydrogen-bond acceptors (Lipinski definition) is 5. The van der Waals surface area contributed by atoms with Crippen molar-refractivity contribution in [3.63, 3.8) is 0 Å². The highest BCUT2D eigenvalue weighted by atomic mass is 32.2. The first-order chi connectivity index (χ1) is 12.7. The second kappa shape index (κ2) is 8.26. The van der Waals surface area contributed by atoms with Gasteiger partial charge in [0.15, 0.2) is 27.6 Å². The Balaban J connectivity index is 2.14. The van der Waals surface area contributed by atoms with Crippen LogP contribution in [0.4, 0.5) is 14.5 Å². The number of carbonyl (C=O) groups is 2. The number of nitrogens with one attached hydrogen (secondary N) is 1. The molecule has 2 aromatic carbocycles. The van der Waals surface area contributed by atoms with Gasteiger partial charge in [-0.1, -0.05) is 19.1 Å². The van der Waals surface area contributed by atoms with E-state index in [1.54, 1.807) is 0 Å². The Bertz CT molecular complexity index is 975. The predicted molar refractivity (Wildman–Crippen MR) is 94.0 cm³/mol. The molecule has 0 radical (unpaired) electrons. The molecule has 0 saturated heterocycles. The molecule has 1 amide bonds. The number of anilines is 1. The Hall–Kier alpha value is -2.81. The van der Waals surface area contributed by atoms with Crippen molar-refractivity contribution in [3.8, 4) is 0 Å². The second-order valence-electron chi connectivity index (χ2n) is 5.57. The molecule has 0 fully saturated rings. The summed E-state index contributed by atoms with van der Waals surface area (Å²) in [6.07, 6.45) is -1.30. The van der Waals surface area contributed by atoms with Crippen LogP contribution < -0.4 is 5.32 Å². The van der Waals surface area contributed by atoms with E-state index in [0.717, 1.165) is 18.2 Å². The van der Waals surface area contributed by atoms with Crippen LogP contribution in [0.15, 0.2) is 47.4 Å². The van der Waals surface area contributed by atoms with Crippen molar-refractivity contribution >= 4 is 27.4 Å². The number of ether oxygens (including phenoxy) is 1. The number of sulfone groups is 1. The summed E-state index contributed by atoms with van der Waals surface area (Å²) >= 11 is 0. The van der Waals surface area contributed by atoms with Crippen LogP contribution >= 0.6 is 0 Å². The van der Waals surface area contributed by atoms with Crippen LogP contribution in [0.25, 0.3) is 0 Å². The van der Waals surface area contributed by atoms with Crippen molar-refractivity contribution in [1.29, 1.82) is 0 Å². The smallest absolute Gasteiger partial charge is 0.340 e. The Morgan fingerprint density at radius 1 is 1.11 bits per heavy atom. The lowest BCUT2D eigenvalue weighted by Gasteiger charge is -2.15. The maximum absolute atomic E-state index is 13.2. The van der Waals surface area contributed by atoms with Gasteiger partial charge in [0.25, 0.3) is 5.91 Å². The van der Waals surface area contributed by atoms with Gasteiger partial charge in [0.1, 0.15) is 0 Å². The van der Waals surface area contributed by atoms with Crippen molar-refractivity contribution in [2.24, 2.45) is 0 Å². The fraction of sp³-hybridized carbons (Fsp3) is 0.222. The van der Waals surface area contributed by atoms with E-state index in [1.165, 1.54) is 38.1 Å². The molecule has 2 rings (SSSR count). The van der Waals surface area contributed by atoms with Crippen molar-refractivity contribution in [2.45, 2.75) is 24.8 Å². The lowest BCUT2D eigenvalue weighted by molar-refractivity contribution is -0.123. The van der Waals surface area contributed by atoms with Crippen molar-refractivity contribution in [1.82, 2.24) is 0 Å². The highest BCUT2D eigenvalue weighted by Crippen LogP contribution is 2.19. The molecule has 144 valence electrons. The Kier molecular flexibility index (Phi) is 6.27. The number of halogens is 2. The van der Waals surface area contributed by atoms with E-state index < -0.39 is 39.5 Å². The highest BCUT2D eigenvalue weighted by molar-refractivity contribution is 7.91. The highest BCUT2D eigenvalue weighted by Gasteiger charge is 2.25. The number of rotatable bonds is 6. The monoisotopic (exact) mass is 397 g/mol. The third-order valence-electron chi connectivity index (χ3n) is 3.66. The zero-order valence-corrected chi connectivity index (χ0v) is 15.3. The van der Waals surface area contributed by atoms with Crippen molar-refractivity contribution < 1.29 is 31.5 Å². The summed E-state index contributed by atoms with van der Waals surface area (Å²) in [7, 11) is -3.67. The third kappa shape index (κ3) is 4.88. The fourth-order valence-electron chi connectivity index (χ4n) is 2.16. The molecule has 0 saturated carbocycles. The zero-order chi connectivity index (χ0) is 20.2. The summed E-state index contributed by atoms with van der Waals surface area (Å²) in [5.41, 5.74) is -0.206. The number of carbonyl (C=O) groups excluding carboxylic acids is 2. The molecule has 0 spiro atoms. The molecule has 0 aliphatic carbocycles. The molecule has 0 aliphatic heterocycles. The van der Waals surface area contributed by atoms with E-state index in [4.69, 9.17) is 4.74 Å². The predicted octanol–water partition coefficient (Wildman–Crippen LogP) is 2.94. The van der Waals surface area contributed by atoms with Gasteiger partial charge in [-0.3, -0.25) is 4.79 Å². The van der Waals surface area contributed by atoms with E-state index in [9.17, 15) is 26.8 Å². The van der Waals surface area contributed by atoms with Gasteiger partial charge in [-0.05, 0) is 31.2 Å².